The number of hydrogen-bond donors (Lipinski definition) is 3. The molecule has 0 aromatic heterocycles. The van der Waals surface area contributed by atoms with Gasteiger partial charge >= 0.3 is 5.97 Å². The molecule has 0 aromatic rings. The first-order valence-electron chi connectivity index (χ1n) is 34.1. The van der Waals surface area contributed by atoms with Crippen molar-refractivity contribution in [1.82, 2.24) is 5.32 Å². The van der Waals surface area contributed by atoms with Crippen LogP contribution < -0.4 is 5.32 Å². The van der Waals surface area contributed by atoms with E-state index >= 15 is 0 Å². The summed E-state index contributed by atoms with van der Waals surface area (Å²) in [5, 5.41) is 23.2. The van der Waals surface area contributed by atoms with Crippen LogP contribution in [0.25, 0.3) is 0 Å². The van der Waals surface area contributed by atoms with E-state index in [0.29, 0.717) is 25.9 Å². The number of ether oxygens (including phenoxy) is 1. The Morgan fingerprint density at radius 1 is 0.373 bits per heavy atom. The molecule has 3 N–H and O–H groups in total. The molecule has 0 saturated heterocycles. The minimum atomic E-state index is -0.660. The highest BCUT2D eigenvalue weighted by molar-refractivity contribution is 5.76. The van der Waals surface area contributed by atoms with Crippen molar-refractivity contribution in [3.8, 4) is 0 Å². The normalized spacial score (nSPS) is 12.6. The van der Waals surface area contributed by atoms with Gasteiger partial charge in [-0.25, -0.2) is 0 Å². The zero-order chi connectivity index (χ0) is 54.3. The summed E-state index contributed by atoms with van der Waals surface area (Å²) >= 11 is 0. The molecule has 0 spiro atoms. The van der Waals surface area contributed by atoms with Gasteiger partial charge in [-0.3, -0.25) is 9.59 Å². The molecule has 0 bridgehead atoms. The van der Waals surface area contributed by atoms with E-state index in [1.54, 1.807) is 0 Å². The van der Waals surface area contributed by atoms with Gasteiger partial charge in [0.05, 0.1) is 25.4 Å². The SMILES string of the molecule is CCCCC/C=C\C/C=C\CCCCCCCCCCCC(=O)OCCCCCCCCCCCCCCCCCCCCCCCCCCCCCCC(=O)NC(CO)C(O)CCCCCCCCCCCCC. The molecule has 0 aromatic carbocycles. The van der Waals surface area contributed by atoms with E-state index in [1.165, 1.54) is 295 Å². The van der Waals surface area contributed by atoms with Gasteiger partial charge in [-0.05, 0) is 57.8 Å². The molecule has 0 aliphatic carbocycles. The molecule has 6 nitrogen and oxygen atoms in total. The van der Waals surface area contributed by atoms with Gasteiger partial charge < -0.3 is 20.3 Å². The molecule has 6 heteroatoms. The van der Waals surface area contributed by atoms with Crippen LogP contribution in [-0.2, 0) is 14.3 Å². The van der Waals surface area contributed by atoms with E-state index in [9.17, 15) is 19.8 Å². The predicted molar refractivity (Wildman–Crippen MR) is 329 cm³/mol. The lowest BCUT2D eigenvalue weighted by atomic mass is 10.0. The fraction of sp³-hybridized carbons (Fsp3) is 0.913. The molecule has 0 aliphatic heterocycles. The molecule has 2 unspecified atom stereocenters. The van der Waals surface area contributed by atoms with Gasteiger partial charge in [-0.2, -0.15) is 0 Å². The summed E-state index contributed by atoms with van der Waals surface area (Å²) in [7, 11) is 0. The van der Waals surface area contributed by atoms with Gasteiger partial charge in [-0.15, -0.1) is 0 Å². The second kappa shape index (κ2) is 64.9. The molecule has 1 amide bonds. The van der Waals surface area contributed by atoms with Crippen molar-refractivity contribution < 1.29 is 24.5 Å². The van der Waals surface area contributed by atoms with Crippen LogP contribution in [0, 0.1) is 0 Å². The molecule has 2 atom stereocenters. The fourth-order valence-corrected chi connectivity index (χ4v) is 10.8. The summed E-state index contributed by atoms with van der Waals surface area (Å²) in [4.78, 5) is 24.6. The molecule has 0 aliphatic rings. The molecule has 75 heavy (non-hydrogen) atoms. The number of carbonyl (C=O) groups excluding carboxylic acids is 2. The first kappa shape index (κ1) is 73.3. The van der Waals surface area contributed by atoms with Gasteiger partial charge in [0.1, 0.15) is 0 Å². The summed E-state index contributed by atoms with van der Waals surface area (Å²) < 4.78 is 5.51. The minimum absolute atomic E-state index is 0.0155. The van der Waals surface area contributed by atoms with Crippen LogP contribution in [0.5, 0.6) is 0 Å². The lowest BCUT2D eigenvalue weighted by molar-refractivity contribution is -0.143. The molecule has 0 radical (unpaired) electrons. The Morgan fingerprint density at radius 2 is 0.667 bits per heavy atom. The molecular weight excluding hydrogens is 923 g/mol. The molecule has 0 rings (SSSR count). The molecule has 0 heterocycles. The van der Waals surface area contributed by atoms with Crippen LogP contribution in [0.3, 0.4) is 0 Å². The Labute approximate surface area is 469 Å². The van der Waals surface area contributed by atoms with E-state index in [1.807, 2.05) is 0 Å². The van der Waals surface area contributed by atoms with Gasteiger partial charge in [0.25, 0.3) is 0 Å². The zero-order valence-electron chi connectivity index (χ0n) is 50.8. The first-order valence-corrected chi connectivity index (χ1v) is 34.1. The lowest BCUT2D eigenvalue weighted by Crippen LogP contribution is -2.45. The Balaban J connectivity index is 3.31. The number of hydrogen-bond acceptors (Lipinski definition) is 5. The quantitative estimate of drug-likeness (QED) is 0.0320. The number of aliphatic hydroxyl groups is 2. The topological polar surface area (TPSA) is 95.9 Å². The summed E-state index contributed by atoms with van der Waals surface area (Å²) in [5.74, 6) is -0.0156. The van der Waals surface area contributed by atoms with Gasteiger partial charge in [0.2, 0.25) is 5.91 Å². The monoisotopic (exact) mass is 1060 g/mol. The zero-order valence-corrected chi connectivity index (χ0v) is 50.8. The van der Waals surface area contributed by atoms with Crippen molar-refractivity contribution >= 4 is 11.9 Å². The number of amides is 1. The summed E-state index contributed by atoms with van der Waals surface area (Å²) in [5.41, 5.74) is 0. The Kier molecular flexibility index (Phi) is 63.4. The lowest BCUT2D eigenvalue weighted by Gasteiger charge is -2.22. The van der Waals surface area contributed by atoms with E-state index < -0.39 is 12.1 Å². The Bertz CT molecular complexity index is 1170. The average molecular weight is 1060 g/mol. The minimum Gasteiger partial charge on any atom is -0.466 e. The van der Waals surface area contributed by atoms with Crippen LogP contribution in [-0.4, -0.2) is 47.4 Å². The Morgan fingerprint density at radius 3 is 1.04 bits per heavy atom. The maximum Gasteiger partial charge on any atom is 0.305 e. The van der Waals surface area contributed by atoms with Crippen molar-refractivity contribution in [2.75, 3.05) is 13.2 Å². The largest absolute Gasteiger partial charge is 0.466 e. The number of carbonyl (C=O) groups is 2. The van der Waals surface area contributed by atoms with Crippen LogP contribution in [0.15, 0.2) is 24.3 Å². The molecular formula is C69H133NO5. The van der Waals surface area contributed by atoms with Crippen molar-refractivity contribution in [3.63, 3.8) is 0 Å². The number of esters is 1. The predicted octanol–water partition coefficient (Wildman–Crippen LogP) is 21.8. The van der Waals surface area contributed by atoms with Crippen LogP contribution in [0.2, 0.25) is 0 Å². The van der Waals surface area contributed by atoms with Crippen molar-refractivity contribution in [1.29, 1.82) is 0 Å². The number of nitrogens with one attached hydrogen (secondary N) is 1. The van der Waals surface area contributed by atoms with E-state index in [-0.39, 0.29) is 18.5 Å². The van der Waals surface area contributed by atoms with Crippen LogP contribution >= 0.6 is 0 Å². The van der Waals surface area contributed by atoms with Crippen molar-refractivity contribution in [2.45, 2.75) is 392 Å². The maximum atomic E-state index is 12.5. The highest BCUT2D eigenvalue weighted by Crippen LogP contribution is 2.19. The molecule has 0 saturated carbocycles. The first-order chi connectivity index (χ1) is 37.0. The smallest absolute Gasteiger partial charge is 0.305 e. The van der Waals surface area contributed by atoms with Gasteiger partial charge in [-0.1, -0.05) is 334 Å². The number of unbranched alkanes of at least 4 members (excludes halogenated alkanes) is 49. The highest BCUT2D eigenvalue weighted by Gasteiger charge is 2.20. The second-order valence-corrected chi connectivity index (χ2v) is 23.5. The van der Waals surface area contributed by atoms with Crippen molar-refractivity contribution in [2.24, 2.45) is 0 Å². The van der Waals surface area contributed by atoms with Crippen molar-refractivity contribution in [3.05, 3.63) is 24.3 Å². The summed E-state index contributed by atoms with van der Waals surface area (Å²) in [6.45, 7) is 4.95. The van der Waals surface area contributed by atoms with Gasteiger partial charge in [0.15, 0.2) is 0 Å². The average Bonchev–Trinajstić information content (AvgIpc) is 3.41. The summed E-state index contributed by atoms with van der Waals surface area (Å²) in [6.07, 6.45) is 80.8. The second-order valence-electron chi connectivity index (χ2n) is 23.5. The standard InChI is InChI=1S/C69H133NO5/c1-3-5-7-9-11-13-15-16-17-18-29-33-36-39-43-47-51-55-59-63-69(74)75-64-60-56-52-48-44-40-37-34-31-28-26-24-22-20-19-21-23-25-27-30-32-35-38-42-46-50-54-58-62-68(73)70-66(65-71)67(72)61-57-53-49-45-41-14-12-10-8-6-4-2/h11,13,16-17,66-67,71-72H,3-10,12,14-15,18-65H2,1-2H3,(H,70,73)/b13-11-,17-16-. The van der Waals surface area contributed by atoms with Gasteiger partial charge in [0, 0.05) is 12.8 Å². The van der Waals surface area contributed by atoms with E-state index in [4.69, 9.17) is 4.74 Å². The van der Waals surface area contributed by atoms with E-state index in [0.717, 1.165) is 51.4 Å². The van der Waals surface area contributed by atoms with E-state index in [2.05, 4.69) is 43.5 Å². The third-order valence-electron chi connectivity index (χ3n) is 16.0. The highest BCUT2D eigenvalue weighted by atomic mass is 16.5. The summed E-state index contributed by atoms with van der Waals surface area (Å²) in [6, 6.07) is -0.537. The third-order valence-corrected chi connectivity index (χ3v) is 16.0. The maximum absolute atomic E-state index is 12.5. The third kappa shape index (κ3) is 61.4. The number of allylic oxidation sites excluding steroid dienone is 4. The fourth-order valence-electron chi connectivity index (χ4n) is 10.8. The molecule has 0 fully saturated rings. The molecule has 444 valence electrons. The number of rotatable bonds is 64. The number of aliphatic hydroxyl groups excluding tert-OH is 2. The van der Waals surface area contributed by atoms with Crippen LogP contribution in [0.4, 0.5) is 0 Å². The van der Waals surface area contributed by atoms with Crippen LogP contribution in [0.1, 0.15) is 380 Å². The Hall–Kier alpha value is -1.66.